The number of rotatable bonds is 6. The highest BCUT2D eigenvalue weighted by Gasteiger charge is 2.27. The Kier molecular flexibility index (Phi) is 8.18. The predicted molar refractivity (Wildman–Crippen MR) is 61.0 cm³/mol. The molecule has 0 fully saturated rings. The van der Waals surface area contributed by atoms with Crippen molar-refractivity contribution in [2.75, 3.05) is 18.8 Å². The highest BCUT2D eigenvalue weighted by Crippen LogP contribution is 2.29. The first-order chi connectivity index (χ1) is 7.49. The average molecular weight is 258 g/mol. The van der Waals surface area contributed by atoms with Crippen molar-refractivity contribution in [2.45, 2.75) is 25.3 Å². The molecule has 0 aromatic carbocycles. The number of nitrogens with zero attached hydrogens (tertiary/aromatic N) is 1. The molecule has 0 aliphatic carbocycles. The number of alkyl halides is 3. The summed E-state index contributed by atoms with van der Waals surface area (Å²) in [5.74, 6) is 5.41. The van der Waals surface area contributed by atoms with Crippen LogP contribution in [-0.4, -0.2) is 30.3 Å². The quantitative estimate of drug-likeness (QED) is 0.222. The Bertz CT molecular complexity index is 208. The molecule has 0 bridgehead atoms. The molecule has 96 valence electrons. The Morgan fingerprint density at radius 2 is 2.12 bits per heavy atom. The molecule has 0 saturated heterocycles. The lowest BCUT2D eigenvalue weighted by Crippen LogP contribution is -2.42. The van der Waals surface area contributed by atoms with Gasteiger partial charge in [-0.1, -0.05) is 13.3 Å². The van der Waals surface area contributed by atoms with Crippen LogP contribution < -0.4 is 16.6 Å². The molecule has 0 rings (SSSR count). The van der Waals surface area contributed by atoms with Gasteiger partial charge in [0.25, 0.3) is 0 Å². The maximum Gasteiger partial charge on any atom is 0.441 e. The van der Waals surface area contributed by atoms with Gasteiger partial charge in [0.05, 0.1) is 0 Å². The van der Waals surface area contributed by atoms with Crippen molar-refractivity contribution in [2.24, 2.45) is 10.8 Å². The lowest BCUT2D eigenvalue weighted by Gasteiger charge is -2.09. The van der Waals surface area contributed by atoms with Crippen molar-refractivity contribution < 1.29 is 13.2 Å². The van der Waals surface area contributed by atoms with Gasteiger partial charge in [0.2, 0.25) is 5.96 Å². The summed E-state index contributed by atoms with van der Waals surface area (Å²) in [4.78, 5) is 4.04. The highest BCUT2D eigenvalue weighted by molar-refractivity contribution is 8.00. The van der Waals surface area contributed by atoms with Crippen molar-refractivity contribution >= 4 is 17.7 Å². The minimum Gasteiger partial charge on any atom is -0.354 e. The van der Waals surface area contributed by atoms with Crippen molar-refractivity contribution in [3.05, 3.63) is 0 Å². The molecule has 4 N–H and O–H groups in total. The molecule has 0 spiro atoms. The molecule has 0 heterocycles. The molecule has 16 heavy (non-hydrogen) atoms. The molecule has 0 atom stereocenters. The van der Waals surface area contributed by atoms with E-state index >= 15 is 0 Å². The maximum atomic E-state index is 11.8. The van der Waals surface area contributed by atoms with E-state index in [1.54, 1.807) is 0 Å². The van der Waals surface area contributed by atoms with Gasteiger partial charge in [-0.05, 0) is 18.2 Å². The number of hydrogen-bond acceptors (Lipinski definition) is 3. The summed E-state index contributed by atoms with van der Waals surface area (Å²) < 4.78 is 35.3. The number of hydrogen-bond donors (Lipinski definition) is 3. The number of aliphatic imine (C=N–C) groups is 1. The molecule has 8 heteroatoms. The molecular formula is C8H17F3N4S. The van der Waals surface area contributed by atoms with E-state index in [4.69, 9.17) is 5.84 Å². The van der Waals surface area contributed by atoms with E-state index in [0.29, 0.717) is 12.5 Å². The van der Waals surface area contributed by atoms with E-state index in [9.17, 15) is 13.2 Å². The van der Waals surface area contributed by atoms with Crippen LogP contribution in [0.4, 0.5) is 13.2 Å². The normalized spacial score (nSPS) is 12.7. The van der Waals surface area contributed by atoms with Gasteiger partial charge in [0, 0.05) is 18.8 Å². The summed E-state index contributed by atoms with van der Waals surface area (Å²) in [5.41, 5.74) is -1.88. The second-order valence-electron chi connectivity index (χ2n) is 2.95. The topological polar surface area (TPSA) is 62.4 Å². The Labute approximate surface area is 97.2 Å². The maximum absolute atomic E-state index is 11.8. The van der Waals surface area contributed by atoms with Crippen LogP contribution in [0.3, 0.4) is 0 Å². The van der Waals surface area contributed by atoms with Crippen LogP contribution in [-0.2, 0) is 0 Å². The zero-order valence-corrected chi connectivity index (χ0v) is 9.92. The Hall–Kier alpha value is -0.630. The van der Waals surface area contributed by atoms with Crippen LogP contribution in [0.5, 0.6) is 0 Å². The Balaban J connectivity index is 3.67. The third-order valence-corrected chi connectivity index (χ3v) is 2.31. The Morgan fingerprint density at radius 1 is 1.44 bits per heavy atom. The lowest BCUT2D eigenvalue weighted by atomic mass is 10.3. The lowest BCUT2D eigenvalue weighted by molar-refractivity contribution is -0.0327. The molecule has 4 nitrogen and oxygen atoms in total. The van der Waals surface area contributed by atoms with Crippen LogP contribution in [0, 0.1) is 0 Å². The van der Waals surface area contributed by atoms with Crippen molar-refractivity contribution in [3.63, 3.8) is 0 Å². The molecular weight excluding hydrogens is 241 g/mol. The number of halogens is 3. The summed E-state index contributed by atoms with van der Waals surface area (Å²) >= 11 is -0.0717. The first-order valence-electron chi connectivity index (χ1n) is 4.95. The summed E-state index contributed by atoms with van der Waals surface area (Å²) in [5, 5.41) is 2.69. The van der Waals surface area contributed by atoms with Crippen LogP contribution in [0.2, 0.25) is 0 Å². The fourth-order valence-corrected chi connectivity index (χ4v) is 1.27. The summed E-state index contributed by atoms with van der Waals surface area (Å²) in [7, 11) is 0. The van der Waals surface area contributed by atoms with Gasteiger partial charge >= 0.3 is 5.51 Å². The van der Waals surface area contributed by atoms with Gasteiger partial charge in [0.15, 0.2) is 0 Å². The first-order valence-corrected chi connectivity index (χ1v) is 5.93. The van der Waals surface area contributed by atoms with Gasteiger partial charge in [-0.3, -0.25) is 10.4 Å². The SMILES string of the molecule is CCCCN=C(NN)NCCSC(F)(F)F. The van der Waals surface area contributed by atoms with Crippen LogP contribution in [0.1, 0.15) is 19.8 Å². The monoisotopic (exact) mass is 258 g/mol. The molecule has 0 aromatic rings. The van der Waals surface area contributed by atoms with E-state index in [-0.39, 0.29) is 24.1 Å². The number of nitrogens with two attached hydrogens (primary N) is 1. The van der Waals surface area contributed by atoms with E-state index < -0.39 is 5.51 Å². The number of guanidine groups is 1. The number of hydrazine groups is 1. The summed E-state index contributed by atoms with van der Waals surface area (Å²) in [6, 6.07) is 0. The molecule has 0 radical (unpaired) electrons. The first kappa shape index (κ1) is 15.4. The number of nitrogens with one attached hydrogen (secondary N) is 2. The third-order valence-electron chi connectivity index (χ3n) is 1.58. The van der Waals surface area contributed by atoms with Crippen LogP contribution >= 0.6 is 11.8 Å². The van der Waals surface area contributed by atoms with Crippen molar-refractivity contribution in [3.8, 4) is 0 Å². The molecule has 0 aliphatic rings. The van der Waals surface area contributed by atoms with E-state index in [0.717, 1.165) is 12.8 Å². The second kappa shape index (κ2) is 8.51. The predicted octanol–water partition coefficient (Wildman–Crippen LogP) is 1.45. The third kappa shape index (κ3) is 9.91. The van der Waals surface area contributed by atoms with Gasteiger partial charge in [0.1, 0.15) is 0 Å². The van der Waals surface area contributed by atoms with Gasteiger partial charge in [-0.25, -0.2) is 5.84 Å². The van der Waals surface area contributed by atoms with E-state index in [1.807, 2.05) is 6.92 Å². The zero-order chi connectivity index (χ0) is 12.4. The minimum atomic E-state index is -4.18. The molecule has 0 saturated carbocycles. The smallest absolute Gasteiger partial charge is 0.354 e. The Morgan fingerprint density at radius 3 is 2.62 bits per heavy atom. The average Bonchev–Trinajstić information content (AvgIpc) is 2.20. The van der Waals surface area contributed by atoms with Gasteiger partial charge in [-0.15, -0.1) is 0 Å². The fraction of sp³-hybridized carbons (Fsp3) is 0.875. The molecule has 0 aromatic heterocycles. The van der Waals surface area contributed by atoms with Gasteiger partial charge < -0.3 is 5.32 Å². The van der Waals surface area contributed by atoms with Crippen LogP contribution in [0.15, 0.2) is 4.99 Å². The highest BCUT2D eigenvalue weighted by atomic mass is 32.2. The number of thioether (sulfide) groups is 1. The summed E-state index contributed by atoms with van der Waals surface area (Å²) in [6.45, 7) is 2.80. The largest absolute Gasteiger partial charge is 0.441 e. The number of unbranched alkanes of at least 4 members (excludes halogenated alkanes) is 1. The molecule has 0 amide bonds. The fourth-order valence-electron chi connectivity index (χ4n) is 0.838. The second-order valence-corrected chi connectivity index (χ2v) is 4.11. The van der Waals surface area contributed by atoms with Crippen LogP contribution in [0.25, 0.3) is 0 Å². The standard InChI is InChI=1S/C8H17F3N4S/c1-2-3-4-13-7(15-12)14-5-6-16-8(9,10)11/h2-6,12H2,1H3,(H2,13,14,15). The molecule has 0 aliphatic heterocycles. The minimum absolute atomic E-state index is 0.0715. The van der Waals surface area contributed by atoms with Crippen molar-refractivity contribution in [1.82, 2.24) is 10.7 Å². The van der Waals surface area contributed by atoms with E-state index in [2.05, 4.69) is 15.7 Å². The molecule has 0 unspecified atom stereocenters. The van der Waals surface area contributed by atoms with Gasteiger partial charge in [-0.2, -0.15) is 13.2 Å². The zero-order valence-electron chi connectivity index (χ0n) is 9.10. The van der Waals surface area contributed by atoms with E-state index in [1.165, 1.54) is 0 Å². The van der Waals surface area contributed by atoms with Crippen molar-refractivity contribution in [1.29, 1.82) is 0 Å². The summed E-state index contributed by atoms with van der Waals surface area (Å²) in [6.07, 6.45) is 1.93.